The Kier molecular flexibility index (Phi) is 6.26. The lowest BCUT2D eigenvalue weighted by Crippen LogP contribution is -2.27. The van der Waals surface area contributed by atoms with E-state index in [1.807, 2.05) is 32.1 Å². The minimum atomic E-state index is -0.441. The van der Waals surface area contributed by atoms with Crippen LogP contribution in [0.4, 0.5) is 5.69 Å². The third-order valence-corrected chi connectivity index (χ3v) is 4.31. The van der Waals surface area contributed by atoms with Crippen LogP contribution in [0.15, 0.2) is 53.4 Å². The van der Waals surface area contributed by atoms with Crippen molar-refractivity contribution >= 4 is 11.8 Å². The van der Waals surface area contributed by atoms with Gasteiger partial charge in [-0.25, -0.2) is 10.1 Å². The van der Waals surface area contributed by atoms with Crippen molar-refractivity contribution < 1.29 is 4.74 Å². The molecule has 1 aliphatic heterocycles. The van der Waals surface area contributed by atoms with E-state index in [0.29, 0.717) is 12.2 Å². The standard InChI is InChI=1S/C22H25N3O/c1-6-25(7-2)19-11-8-17(9-12-19)10-13-20-14-18(21(16-23)24-5)15-22(3,4)26-20/h8-14H,6-7,15H2,1-4H3. The van der Waals surface area contributed by atoms with Crippen LogP contribution in [0, 0.1) is 17.9 Å². The molecule has 0 aromatic heterocycles. The monoisotopic (exact) mass is 347 g/mol. The predicted octanol–water partition coefficient (Wildman–Crippen LogP) is 5.33. The van der Waals surface area contributed by atoms with E-state index in [4.69, 9.17) is 16.6 Å². The molecule has 1 aliphatic rings. The Balaban J connectivity index is 2.25. The first-order valence-electron chi connectivity index (χ1n) is 8.87. The number of nitriles is 1. The lowest BCUT2D eigenvalue weighted by atomic mass is 9.93. The smallest absolute Gasteiger partial charge is 0.265 e. The second kappa shape index (κ2) is 8.41. The maximum absolute atomic E-state index is 9.14. The third kappa shape index (κ3) is 4.77. The summed E-state index contributed by atoms with van der Waals surface area (Å²) in [5, 5.41) is 9.14. The third-order valence-electron chi connectivity index (χ3n) is 4.31. The van der Waals surface area contributed by atoms with Gasteiger partial charge < -0.3 is 9.64 Å². The Hall–Kier alpha value is -2.98. The Morgan fingerprint density at radius 1 is 1.27 bits per heavy atom. The van der Waals surface area contributed by atoms with Gasteiger partial charge in [-0.2, -0.15) is 0 Å². The molecular formula is C22H25N3O. The number of allylic oxidation sites excluding steroid dienone is 3. The number of hydrogen-bond donors (Lipinski definition) is 0. The molecule has 1 aromatic carbocycles. The zero-order chi connectivity index (χ0) is 19.2. The van der Waals surface area contributed by atoms with Crippen LogP contribution in [-0.2, 0) is 4.74 Å². The summed E-state index contributed by atoms with van der Waals surface area (Å²) in [5.41, 5.74) is 2.71. The number of nitrogens with zero attached hydrogens (tertiary/aromatic N) is 3. The molecule has 1 aromatic rings. The predicted molar refractivity (Wildman–Crippen MR) is 106 cm³/mol. The van der Waals surface area contributed by atoms with Crippen molar-refractivity contribution in [3.05, 3.63) is 70.4 Å². The molecule has 0 fully saturated rings. The van der Waals surface area contributed by atoms with Crippen LogP contribution in [0.1, 0.15) is 39.7 Å². The molecule has 4 heteroatoms. The quantitative estimate of drug-likeness (QED) is 0.534. The van der Waals surface area contributed by atoms with Crippen LogP contribution in [-0.4, -0.2) is 18.7 Å². The molecule has 0 atom stereocenters. The van der Waals surface area contributed by atoms with Crippen molar-refractivity contribution in [2.24, 2.45) is 0 Å². The molecule has 2 rings (SSSR count). The first-order valence-corrected chi connectivity index (χ1v) is 8.87. The molecule has 4 nitrogen and oxygen atoms in total. The average Bonchev–Trinajstić information content (AvgIpc) is 2.62. The topological polar surface area (TPSA) is 40.6 Å². The van der Waals surface area contributed by atoms with E-state index in [1.54, 1.807) is 6.08 Å². The van der Waals surface area contributed by atoms with E-state index in [0.717, 1.165) is 24.2 Å². The fourth-order valence-electron chi connectivity index (χ4n) is 3.03. The van der Waals surface area contributed by atoms with Crippen molar-refractivity contribution in [1.82, 2.24) is 0 Å². The molecule has 0 bridgehead atoms. The summed E-state index contributed by atoms with van der Waals surface area (Å²) in [6.45, 7) is 17.4. The maximum atomic E-state index is 9.14. The molecule has 1 heterocycles. The molecule has 134 valence electrons. The van der Waals surface area contributed by atoms with Crippen LogP contribution >= 0.6 is 0 Å². The van der Waals surface area contributed by atoms with Gasteiger partial charge >= 0.3 is 0 Å². The molecule has 0 N–H and O–H groups in total. The van der Waals surface area contributed by atoms with Gasteiger partial charge in [-0.1, -0.05) is 18.2 Å². The maximum Gasteiger partial charge on any atom is 0.265 e. The lowest BCUT2D eigenvalue weighted by Gasteiger charge is -2.32. The van der Waals surface area contributed by atoms with Gasteiger partial charge in [-0.15, -0.1) is 0 Å². The summed E-state index contributed by atoms with van der Waals surface area (Å²) < 4.78 is 5.98. The summed E-state index contributed by atoms with van der Waals surface area (Å²) in [7, 11) is 0. The van der Waals surface area contributed by atoms with Crippen molar-refractivity contribution in [3.63, 3.8) is 0 Å². The number of hydrogen-bond acceptors (Lipinski definition) is 3. The second-order valence-corrected chi connectivity index (χ2v) is 6.78. The number of benzene rings is 1. The molecule has 0 spiro atoms. The molecule has 0 radical (unpaired) electrons. The largest absolute Gasteiger partial charge is 0.488 e. The highest BCUT2D eigenvalue weighted by atomic mass is 16.5. The molecule has 0 unspecified atom stereocenters. The summed E-state index contributed by atoms with van der Waals surface area (Å²) in [6, 6.07) is 10.4. The van der Waals surface area contributed by atoms with E-state index < -0.39 is 5.60 Å². The van der Waals surface area contributed by atoms with E-state index >= 15 is 0 Å². The van der Waals surface area contributed by atoms with Gasteiger partial charge in [0.1, 0.15) is 11.4 Å². The van der Waals surface area contributed by atoms with Gasteiger partial charge in [0.05, 0.1) is 12.6 Å². The van der Waals surface area contributed by atoms with Crippen molar-refractivity contribution in [2.75, 3.05) is 18.0 Å². The number of anilines is 1. The van der Waals surface area contributed by atoms with Crippen molar-refractivity contribution in [1.29, 1.82) is 5.26 Å². The zero-order valence-corrected chi connectivity index (χ0v) is 15.9. The first-order chi connectivity index (χ1) is 12.4. The van der Waals surface area contributed by atoms with Gasteiger partial charge in [0.25, 0.3) is 5.70 Å². The fraction of sp³-hybridized carbons (Fsp3) is 0.364. The summed E-state index contributed by atoms with van der Waals surface area (Å²) >= 11 is 0. The highest BCUT2D eigenvalue weighted by Crippen LogP contribution is 2.32. The molecular weight excluding hydrogens is 322 g/mol. The minimum absolute atomic E-state index is 0.135. The highest BCUT2D eigenvalue weighted by molar-refractivity contribution is 5.58. The van der Waals surface area contributed by atoms with Crippen LogP contribution < -0.4 is 4.90 Å². The highest BCUT2D eigenvalue weighted by Gasteiger charge is 2.27. The van der Waals surface area contributed by atoms with Gasteiger partial charge in [-0.05, 0) is 63.1 Å². The van der Waals surface area contributed by atoms with E-state index in [9.17, 15) is 0 Å². The van der Waals surface area contributed by atoms with Gasteiger partial charge in [0, 0.05) is 25.2 Å². The second-order valence-electron chi connectivity index (χ2n) is 6.78. The van der Waals surface area contributed by atoms with Gasteiger partial charge in [0.15, 0.2) is 0 Å². The van der Waals surface area contributed by atoms with E-state index in [-0.39, 0.29) is 5.70 Å². The number of rotatable bonds is 5. The van der Waals surface area contributed by atoms with Gasteiger partial charge in [0.2, 0.25) is 0 Å². The van der Waals surface area contributed by atoms with Crippen LogP contribution in [0.5, 0.6) is 0 Å². The normalized spacial score (nSPS) is 17.7. The SMILES string of the molecule is [C-]#[N+]C(C#N)=C1C=C(C=Cc2ccc(N(CC)CC)cc2)OC(C)(C)C1. The summed E-state index contributed by atoms with van der Waals surface area (Å²) in [4.78, 5) is 5.63. The van der Waals surface area contributed by atoms with Crippen LogP contribution in [0.3, 0.4) is 0 Å². The molecule has 0 saturated carbocycles. The average molecular weight is 347 g/mol. The fourth-order valence-corrected chi connectivity index (χ4v) is 3.03. The summed E-state index contributed by atoms with van der Waals surface area (Å²) in [5.74, 6) is 0.667. The Morgan fingerprint density at radius 3 is 2.46 bits per heavy atom. The molecule has 0 saturated heterocycles. The molecule has 0 amide bonds. The first kappa shape index (κ1) is 19.3. The van der Waals surface area contributed by atoms with E-state index in [1.165, 1.54) is 5.69 Å². The van der Waals surface area contributed by atoms with Crippen LogP contribution in [0.25, 0.3) is 10.9 Å². The van der Waals surface area contributed by atoms with Gasteiger partial charge in [-0.3, -0.25) is 0 Å². The van der Waals surface area contributed by atoms with Crippen LogP contribution in [0.2, 0.25) is 0 Å². The Bertz CT molecular complexity index is 794. The Morgan fingerprint density at radius 2 is 1.92 bits per heavy atom. The number of ether oxygens (including phenoxy) is 1. The minimum Gasteiger partial charge on any atom is -0.488 e. The zero-order valence-electron chi connectivity index (χ0n) is 15.9. The summed E-state index contributed by atoms with van der Waals surface area (Å²) in [6.07, 6.45) is 6.23. The van der Waals surface area contributed by atoms with E-state index in [2.05, 4.69) is 47.9 Å². The molecule has 0 aliphatic carbocycles. The van der Waals surface area contributed by atoms with Crippen molar-refractivity contribution in [3.8, 4) is 6.07 Å². The molecule has 26 heavy (non-hydrogen) atoms. The van der Waals surface area contributed by atoms with Crippen molar-refractivity contribution in [2.45, 2.75) is 39.7 Å². The Labute approximate surface area is 156 Å². The lowest BCUT2D eigenvalue weighted by molar-refractivity contribution is 0.0356.